The van der Waals surface area contributed by atoms with Crippen LogP contribution in [0.3, 0.4) is 0 Å². The molecule has 0 spiro atoms. The number of carbonyl (C=O) groups is 1. The first-order chi connectivity index (χ1) is 9.29. The molecule has 4 nitrogen and oxygen atoms in total. The van der Waals surface area contributed by atoms with Crippen molar-refractivity contribution >= 4 is 6.09 Å². The Kier molecular flexibility index (Phi) is 5.21. The van der Waals surface area contributed by atoms with Gasteiger partial charge in [0.1, 0.15) is 6.61 Å². The number of benzene rings is 1. The number of nitrogens with one attached hydrogen (secondary N) is 2. The quantitative estimate of drug-likeness (QED) is 0.876. The average Bonchev–Trinajstić information content (AvgIpc) is 2.47. The lowest BCUT2D eigenvalue weighted by atomic mass is 9.90. The molecular formula is C15H22N2O2. The van der Waals surface area contributed by atoms with Crippen LogP contribution in [-0.2, 0) is 11.3 Å². The van der Waals surface area contributed by atoms with Crippen molar-refractivity contribution in [3.63, 3.8) is 0 Å². The predicted molar refractivity (Wildman–Crippen MR) is 74.9 cm³/mol. The molecule has 2 atom stereocenters. The average molecular weight is 262 g/mol. The number of amides is 1. The standard InChI is InChI=1S/C15H22N2O2/c1-16-13-9-5-6-10-14(13)17-15(18)19-11-12-7-3-2-4-8-12/h2-4,7-8,13-14,16H,5-6,9-11H2,1H3,(H,17,18). The van der Waals surface area contributed by atoms with Gasteiger partial charge in [-0.1, -0.05) is 43.2 Å². The Morgan fingerprint density at radius 1 is 1.21 bits per heavy atom. The SMILES string of the molecule is CNC1CCCCC1NC(=O)OCc1ccccc1. The fourth-order valence-electron chi connectivity index (χ4n) is 2.57. The summed E-state index contributed by atoms with van der Waals surface area (Å²) in [5.41, 5.74) is 1.01. The van der Waals surface area contributed by atoms with E-state index < -0.39 is 0 Å². The predicted octanol–water partition coefficient (Wildman–Crippen LogP) is 2.44. The van der Waals surface area contributed by atoms with Gasteiger partial charge in [0.25, 0.3) is 0 Å². The molecule has 0 aliphatic heterocycles. The van der Waals surface area contributed by atoms with Crippen LogP contribution < -0.4 is 10.6 Å². The summed E-state index contributed by atoms with van der Waals surface area (Å²) < 4.78 is 5.25. The normalized spacial score (nSPS) is 22.8. The van der Waals surface area contributed by atoms with Crippen LogP contribution in [0.4, 0.5) is 4.79 Å². The minimum absolute atomic E-state index is 0.182. The lowest BCUT2D eigenvalue weighted by Crippen LogP contribution is -2.50. The Hall–Kier alpha value is -1.55. The van der Waals surface area contributed by atoms with Gasteiger partial charge >= 0.3 is 6.09 Å². The zero-order chi connectivity index (χ0) is 13.5. The van der Waals surface area contributed by atoms with Crippen molar-refractivity contribution in [2.24, 2.45) is 0 Å². The third kappa shape index (κ3) is 4.24. The van der Waals surface area contributed by atoms with Crippen LogP contribution in [0.25, 0.3) is 0 Å². The molecule has 0 saturated heterocycles. The summed E-state index contributed by atoms with van der Waals surface area (Å²) >= 11 is 0. The van der Waals surface area contributed by atoms with Gasteiger partial charge in [0, 0.05) is 12.1 Å². The van der Waals surface area contributed by atoms with Crippen LogP contribution in [-0.4, -0.2) is 25.2 Å². The topological polar surface area (TPSA) is 50.4 Å². The van der Waals surface area contributed by atoms with E-state index in [0.29, 0.717) is 12.6 Å². The van der Waals surface area contributed by atoms with Crippen molar-refractivity contribution in [3.8, 4) is 0 Å². The Morgan fingerprint density at radius 2 is 1.89 bits per heavy atom. The number of likely N-dealkylation sites (N-methyl/N-ethyl adjacent to an activating group) is 1. The van der Waals surface area contributed by atoms with Crippen molar-refractivity contribution in [1.82, 2.24) is 10.6 Å². The van der Waals surface area contributed by atoms with Gasteiger partial charge in [0.15, 0.2) is 0 Å². The van der Waals surface area contributed by atoms with E-state index in [9.17, 15) is 4.79 Å². The molecule has 1 aromatic carbocycles. The van der Waals surface area contributed by atoms with Gasteiger partial charge in [-0.05, 0) is 25.5 Å². The van der Waals surface area contributed by atoms with E-state index >= 15 is 0 Å². The van der Waals surface area contributed by atoms with E-state index in [2.05, 4.69) is 10.6 Å². The van der Waals surface area contributed by atoms with Crippen LogP contribution >= 0.6 is 0 Å². The Bertz CT molecular complexity index is 394. The van der Waals surface area contributed by atoms with E-state index in [4.69, 9.17) is 4.74 Å². The molecule has 19 heavy (non-hydrogen) atoms. The van der Waals surface area contributed by atoms with Gasteiger partial charge in [0.05, 0.1) is 0 Å². The first kappa shape index (κ1) is 13.9. The smallest absolute Gasteiger partial charge is 0.407 e. The molecule has 0 radical (unpaired) electrons. The number of carbonyl (C=O) groups excluding carboxylic acids is 1. The Morgan fingerprint density at radius 3 is 2.58 bits per heavy atom. The Labute approximate surface area is 114 Å². The van der Waals surface area contributed by atoms with Crippen molar-refractivity contribution in [2.45, 2.75) is 44.4 Å². The Balaban J connectivity index is 1.77. The summed E-state index contributed by atoms with van der Waals surface area (Å²) in [6.07, 6.45) is 4.20. The number of alkyl carbamates (subject to hydrolysis) is 1. The first-order valence-electron chi connectivity index (χ1n) is 6.94. The van der Waals surface area contributed by atoms with Crippen LogP contribution in [0.15, 0.2) is 30.3 Å². The number of hydrogen-bond acceptors (Lipinski definition) is 3. The van der Waals surface area contributed by atoms with Crippen LogP contribution in [0.5, 0.6) is 0 Å². The highest BCUT2D eigenvalue weighted by Crippen LogP contribution is 2.18. The second kappa shape index (κ2) is 7.14. The molecule has 1 saturated carbocycles. The molecule has 1 amide bonds. The van der Waals surface area contributed by atoms with Gasteiger partial charge < -0.3 is 15.4 Å². The largest absolute Gasteiger partial charge is 0.445 e. The lowest BCUT2D eigenvalue weighted by molar-refractivity contribution is 0.130. The highest BCUT2D eigenvalue weighted by molar-refractivity contribution is 5.67. The fourth-order valence-corrected chi connectivity index (χ4v) is 2.57. The molecule has 0 aromatic heterocycles. The molecule has 104 valence electrons. The molecule has 0 heterocycles. The number of ether oxygens (including phenoxy) is 1. The van der Waals surface area contributed by atoms with Gasteiger partial charge in [-0.2, -0.15) is 0 Å². The lowest BCUT2D eigenvalue weighted by Gasteiger charge is -2.31. The molecule has 1 aliphatic carbocycles. The molecule has 0 bridgehead atoms. The fraction of sp³-hybridized carbons (Fsp3) is 0.533. The van der Waals surface area contributed by atoms with Gasteiger partial charge in [-0.3, -0.25) is 0 Å². The van der Waals surface area contributed by atoms with Crippen molar-refractivity contribution in [2.75, 3.05) is 7.05 Å². The molecule has 2 unspecified atom stereocenters. The molecule has 2 rings (SSSR count). The summed E-state index contributed by atoms with van der Waals surface area (Å²) in [6, 6.07) is 10.3. The second-order valence-electron chi connectivity index (χ2n) is 4.99. The summed E-state index contributed by atoms with van der Waals surface area (Å²) in [4.78, 5) is 11.8. The van der Waals surface area contributed by atoms with E-state index in [0.717, 1.165) is 18.4 Å². The second-order valence-corrected chi connectivity index (χ2v) is 4.99. The van der Waals surface area contributed by atoms with Crippen LogP contribution in [0.1, 0.15) is 31.2 Å². The highest BCUT2D eigenvalue weighted by atomic mass is 16.5. The maximum absolute atomic E-state index is 11.8. The zero-order valence-electron chi connectivity index (χ0n) is 11.4. The summed E-state index contributed by atoms with van der Waals surface area (Å²) in [5, 5.41) is 6.23. The molecule has 4 heteroatoms. The van der Waals surface area contributed by atoms with Crippen LogP contribution in [0, 0.1) is 0 Å². The molecular weight excluding hydrogens is 240 g/mol. The minimum Gasteiger partial charge on any atom is -0.445 e. The number of rotatable bonds is 4. The van der Waals surface area contributed by atoms with E-state index in [1.54, 1.807) is 0 Å². The highest BCUT2D eigenvalue weighted by Gasteiger charge is 2.25. The zero-order valence-corrected chi connectivity index (χ0v) is 11.4. The van der Waals surface area contributed by atoms with Crippen molar-refractivity contribution in [1.29, 1.82) is 0 Å². The van der Waals surface area contributed by atoms with E-state index in [-0.39, 0.29) is 12.1 Å². The summed E-state index contributed by atoms with van der Waals surface area (Å²) in [6.45, 7) is 0.323. The molecule has 1 aliphatic rings. The van der Waals surface area contributed by atoms with Gasteiger partial charge in [0.2, 0.25) is 0 Å². The van der Waals surface area contributed by atoms with Crippen molar-refractivity contribution < 1.29 is 9.53 Å². The molecule has 2 N–H and O–H groups in total. The number of hydrogen-bond donors (Lipinski definition) is 2. The van der Waals surface area contributed by atoms with E-state index in [1.807, 2.05) is 37.4 Å². The molecule has 1 aromatic rings. The first-order valence-corrected chi connectivity index (χ1v) is 6.94. The maximum atomic E-state index is 11.8. The third-order valence-corrected chi connectivity index (χ3v) is 3.65. The maximum Gasteiger partial charge on any atom is 0.407 e. The minimum atomic E-state index is -0.323. The van der Waals surface area contributed by atoms with Gasteiger partial charge in [-0.15, -0.1) is 0 Å². The van der Waals surface area contributed by atoms with E-state index in [1.165, 1.54) is 12.8 Å². The third-order valence-electron chi connectivity index (χ3n) is 3.65. The monoisotopic (exact) mass is 262 g/mol. The summed E-state index contributed by atoms with van der Waals surface area (Å²) in [5.74, 6) is 0. The summed E-state index contributed by atoms with van der Waals surface area (Å²) in [7, 11) is 1.94. The van der Waals surface area contributed by atoms with Crippen molar-refractivity contribution in [3.05, 3.63) is 35.9 Å². The van der Waals surface area contributed by atoms with Crippen LogP contribution in [0.2, 0.25) is 0 Å². The van der Waals surface area contributed by atoms with Gasteiger partial charge in [-0.25, -0.2) is 4.79 Å². The molecule has 1 fully saturated rings.